The minimum atomic E-state index is -0.318. The number of hydrogen-bond acceptors (Lipinski definition) is 5. The molecule has 2 heterocycles. The van der Waals surface area contributed by atoms with E-state index in [1.54, 1.807) is 12.3 Å². The molecule has 7 heteroatoms. The number of halogens is 1. The molecule has 1 aromatic carbocycles. The maximum absolute atomic E-state index is 12.6. The van der Waals surface area contributed by atoms with Crippen molar-refractivity contribution in [2.24, 2.45) is 5.92 Å². The van der Waals surface area contributed by atoms with Crippen LogP contribution in [0.5, 0.6) is 5.88 Å². The molecule has 3 aromatic rings. The van der Waals surface area contributed by atoms with Gasteiger partial charge in [0.2, 0.25) is 5.88 Å². The first-order chi connectivity index (χ1) is 12.2. The van der Waals surface area contributed by atoms with E-state index in [1.165, 1.54) is 6.39 Å². The average Bonchev–Trinajstić information content (AvgIpc) is 3.33. The van der Waals surface area contributed by atoms with Crippen LogP contribution in [0.3, 0.4) is 0 Å². The Balaban J connectivity index is 1.47. The van der Waals surface area contributed by atoms with Crippen LogP contribution in [0.1, 0.15) is 28.8 Å². The molecule has 1 amide bonds. The quantitative estimate of drug-likeness (QED) is 0.729. The molecular weight excluding hydrogens is 342 g/mol. The largest absolute Gasteiger partial charge is 0.477 e. The summed E-state index contributed by atoms with van der Waals surface area (Å²) >= 11 is 6.20. The Labute approximate surface area is 149 Å². The SMILES string of the molecule is O=C(NCc1ccc2ncoc2c1)c1c(Cl)ccnc1OCC1CC1. The van der Waals surface area contributed by atoms with E-state index in [2.05, 4.69) is 15.3 Å². The van der Waals surface area contributed by atoms with Gasteiger partial charge in [0.05, 0.1) is 11.6 Å². The van der Waals surface area contributed by atoms with Crippen molar-refractivity contribution in [2.75, 3.05) is 6.61 Å². The molecule has 0 spiro atoms. The zero-order valence-electron chi connectivity index (χ0n) is 13.4. The summed E-state index contributed by atoms with van der Waals surface area (Å²) in [6.07, 6.45) is 5.25. The van der Waals surface area contributed by atoms with Gasteiger partial charge in [-0.25, -0.2) is 9.97 Å². The van der Waals surface area contributed by atoms with Gasteiger partial charge in [-0.3, -0.25) is 4.79 Å². The van der Waals surface area contributed by atoms with Gasteiger partial charge in [-0.15, -0.1) is 0 Å². The fourth-order valence-corrected chi connectivity index (χ4v) is 2.72. The summed E-state index contributed by atoms with van der Waals surface area (Å²) in [5, 5.41) is 3.17. The van der Waals surface area contributed by atoms with Gasteiger partial charge in [-0.2, -0.15) is 0 Å². The highest BCUT2D eigenvalue weighted by atomic mass is 35.5. The van der Waals surface area contributed by atoms with Crippen molar-refractivity contribution in [2.45, 2.75) is 19.4 Å². The summed E-state index contributed by atoms with van der Waals surface area (Å²) in [5.41, 5.74) is 2.63. The summed E-state index contributed by atoms with van der Waals surface area (Å²) < 4.78 is 11.0. The molecule has 1 aliphatic carbocycles. The first-order valence-electron chi connectivity index (χ1n) is 8.08. The molecule has 25 heavy (non-hydrogen) atoms. The molecule has 1 saturated carbocycles. The number of amides is 1. The van der Waals surface area contributed by atoms with Gasteiger partial charge in [-0.05, 0) is 42.5 Å². The van der Waals surface area contributed by atoms with Gasteiger partial charge in [0.15, 0.2) is 12.0 Å². The summed E-state index contributed by atoms with van der Waals surface area (Å²) in [5.74, 6) is 0.523. The lowest BCUT2D eigenvalue weighted by molar-refractivity contribution is 0.0945. The molecule has 0 bridgehead atoms. The Morgan fingerprint density at radius 1 is 1.32 bits per heavy atom. The van der Waals surface area contributed by atoms with Gasteiger partial charge in [0.25, 0.3) is 5.91 Å². The maximum atomic E-state index is 12.6. The van der Waals surface area contributed by atoms with E-state index in [4.69, 9.17) is 20.8 Å². The van der Waals surface area contributed by atoms with Crippen LogP contribution in [0.15, 0.2) is 41.3 Å². The molecule has 0 atom stereocenters. The number of nitrogens with one attached hydrogen (secondary N) is 1. The summed E-state index contributed by atoms with van der Waals surface area (Å²) in [7, 11) is 0. The van der Waals surface area contributed by atoms with Crippen molar-refractivity contribution < 1.29 is 13.9 Å². The molecular formula is C18H16ClN3O3. The molecule has 2 aromatic heterocycles. The number of hydrogen-bond donors (Lipinski definition) is 1. The molecule has 4 rings (SSSR count). The van der Waals surface area contributed by atoms with Crippen LogP contribution in [-0.2, 0) is 6.54 Å². The zero-order chi connectivity index (χ0) is 17.2. The number of oxazole rings is 1. The molecule has 1 aliphatic rings. The van der Waals surface area contributed by atoms with E-state index >= 15 is 0 Å². The second-order valence-corrected chi connectivity index (χ2v) is 6.47. The summed E-state index contributed by atoms with van der Waals surface area (Å²) in [6.45, 7) is 0.901. The zero-order valence-corrected chi connectivity index (χ0v) is 14.1. The average molecular weight is 358 g/mol. The number of benzene rings is 1. The van der Waals surface area contributed by atoms with E-state index in [9.17, 15) is 4.79 Å². The highest BCUT2D eigenvalue weighted by Crippen LogP contribution is 2.31. The van der Waals surface area contributed by atoms with Crippen LogP contribution >= 0.6 is 11.6 Å². The van der Waals surface area contributed by atoms with Crippen molar-refractivity contribution >= 4 is 28.6 Å². The number of fused-ring (bicyclic) bond motifs is 1. The Hall–Kier alpha value is -2.60. The lowest BCUT2D eigenvalue weighted by atomic mass is 10.2. The molecule has 0 radical (unpaired) electrons. The van der Waals surface area contributed by atoms with E-state index in [-0.39, 0.29) is 17.4 Å². The molecule has 128 valence electrons. The normalized spacial score (nSPS) is 13.8. The van der Waals surface area contributed by atoms with E-state index in [0.717, 1.165) is 23.9 Å². The highest BCUT2D eigenvalue weighted by molar-refractivity contribution is 6.34. The number of aromatic nitrogens is 2. The predicted octanol–water partition coefficient (Wildman–Crippen LogP) is 3.60. The Kier molecular flexibility index (Phi) is 4.28. The molecule has 6 nitrogen and oxygen atoms in total. The molecule has 0 aliphatic heterocycles. The van der Waals surface area contributed by atoms with Crippen LogP contribution < -0.4 is 10.1 Å². The van der Waals surface area contributed by atoms with Crippen LogP contribution in [0.25, 0.3) is 11.1 Å². The van der Waals surface area contributed by atoms with Gasteiger partial charge in [0, 0.05) is 12.7 Å². The lowest BCUT2D eigenvalue weighted by Gasteiger charge is -2.12. The standard InChI is InChI=1S/C18H16ClN3O3/c19-13-5-6-20-18(24-9-11-1-2-11)16(13)17(23)21-8-12-3-4-14-15(7-12)25-10-22-14/h3-7,10-11H,1-2,8-9H2,(H,21,23). The van der Waals surface area contributed by atoms with Gasteiger partial charge >= 0.3 is 0 Å². The molecule has 0 saturated heterocycles. The second-order valence-electron chi connectivity index (χ2n) is 6.06. The topological polar surface area (TPSA) is 77.3 Å². The smallest absolute Gasteiger partial charge is 0.258 e. The summed E-state index contributed by atoms with van der Waals surface area (Å²) in [6, 6.07) is 7.17. The third-order valence-corrected chi connectivity index (χ3v) is 4.41. The van der Waals surface area contributed by atoms with Crippen molar-refractivity contribution in [3.05, 3.63) is 53.0 Å². The first-order valence-corrected chi connectivity index (χ1v) is 8.46. The third kappa shape index (κ3) is 3.58. The molecule has 1 N–H and O–H groups in total. The number of carbonyl (C=O) groups is 1. The van der Waals surface area contributed by atoms with Crippen LogP contribution in [0.2, 0.25) is 5.02 Å². The van der Waals surface area contributed by atoms with E-state index in [1.807, 2.05) is 18.2 Å². The Bertz CT molecular complexity index is 921. The third-order valence-electron chi connectivity index (χ3n) is 4.09. The van der Waals surface area contributed by atoms with Gasteiger partial charge in [-0.1, -0.05) is 17.7 Å². The van der Waals surface area contributed by atoms with Crippen molar-refractivity contribution in [1.29, 1.82) is 0 Å². The number of nitrogens with zero attached hydrogens (tertiary/aromatic N) is 2. The number of rotatable bonds is 6. The predicted molar refractivity (Wildman–Crippen MR) is 92.6 cm³/mol. The molecule has 0 unspecified atom stereocenters. The number of pyridine rings is 1. The monoisotopic (exact) mass is 357 g/mol. The fraction of sp³-hybridized carbons (Fsp3) is 0.278. The fourth-order valence-electron chi connectivity index (χ4n) is 2.50. The van der Waals surface area contributed by atoms with Crippen molar-refractivity contribution in [3.8, 4) is 5.88 Å². The number of carbonyl (C=O) groups excluding carboxylic acids is 1. The van der Waals surface area contributed by atoms with Crippen LogP contribution in [0, 0.1) is 5.92 Å². The highest BCUT2D eigenvalue weighted by Gasteiger charge is 2.24. The Morgan fingerprint density at radius 2 is 2.20 bits per heavy atom. The minimum Gasteiger partial charge on any atom is -0.477 e. The number of ether oxygens (including phenoxy) is 1. The summed E-state index contributed by atoms with van der Waals surface area (Å²) in [4.78, 5) is 20.8. The van der Waals surface area contributed by atoms with Crippen molar-refractivity contribution in [1.82, 2.24) is 15.3 Å². The van der Waals surface area contributed by atoms with Crippen LogP contribution in [0.4, 0.5) is 0 Å². The van der Waals surface area contributed by atoms with Crippen LogP contribution in [-0.4, -0.2) is 22.5 Å². The first kappa shape index (κ1) is 15.9. The molecule has 1 fully saturated rings. The van der Waals surface area contributed by atoms with Gasteiger partial charge in [0.1, 0.15) is 11.1 Å². The van der Waals surface area contributed by atoms with E-state index in [0.29, 0.717) is 29.7 Å². The lowest BCUT2D eigenvalue weighted by Crippen LogP contribution is -2.24. The maximum Gasteiger partial charge on any atom is 0.258 e. The second kappa shape index (κ2) is 6.72. The van der Waals surface area contributed by atoms with Crippen molar-refractivity contribution in [3.63, 3.8) is 0 Å². The minimum absolute atomic E-state index is 0.269. The van der Waals surface area contributed by atoms with Gasteiger partial charge < -0.3 is 14.5 Å². The Morgan fingerprint density at radius 3 is 3.04 bits per heavy atom. The van der Waals surface area contributed by atoms with E-state index < -0.39 is 0 Å².